The first-order chi connectivity index (χ1) is 14.6. The monoisotopic (exact) mass is 427 g/mol. The highest BCUT2D eigenvalue weighted by Gasteiger charge is 2.29. The van der Waals surface area contributed by atoms with Crippen LogP contribution in [0.2, 0.25) is 5.02 Å². The van der Waals surface area contributed by atoms with Crippen molar-refractivity contribution >= 4 is 17.5 Å². The number of methoxy groups -OCH3 is 2. The minimum absolute atomic E-state index is 0.00334. The van der Waals surface area contributed by atoms with Gasteiger partial charge in [0.15, 0.2) is 11.5 Å². The second-order valence-electron chi connectivity index (χ2n) is 7.12. The van der Waals surface area contributed by atoms with E-state index >= 15 is 0 Å². The molecule has 3 aromatic rings. The normalized spacial score (nSPS) is 16.4. The topological polar surface area (TPSA) is 77.7 Å². The molecule has 0 spiro atoms. The predicted molar refractivity (Wildman–Crippen MR) is 112 cm³/mol. The van der Waals surface area contributed by atoms with E-state index < -0.39 is 0 Å². The Balaban J connectivity index is 1.50. The molecule has 0 N–H and O–H groups in total. The first-order valence-electron chi connectivity index (χ1n) is 9.70. The van der Waals surface area contributed by atoms with E-state index in [-0.39, 0.29) is 11.8 Å². The zero-order chi connectivity index (χ0) is 21.1. The number of hydrogen-bond acceptors (Lipinski definition) is 6. The third-order valence-corrected chi connectivity index (χ3v) is 5.48. The maximum absolute atomic E-state index is 12.8. The fourth-order valence-corrected chi connectivity index (χ4v) is 3.76. The zero-order valence-corrected chi connectivity index (χ0v) is 17.6. The summed E-state index contributed by atoms with van der Waals surface area (Å²) < 4.78 is 16.2. The lowest BCUT2D eigenvalue weighted by atomic mass is 9.97. The van der Waals surface area contributed by atoms with Crippen LogP contribution in [0.1, 0.15) is 35.0 Å². The van der Waals surface area contributed by atoms with Crippen molar-refractivity contribution in [2.75, 3.05) is 27.3 Å². The van der Waals surface area contributed by atoms with Gasteiger partial charge in [-0.3, -0.25) is 4.79 Å². The van der Waals surface area contributed by atoms with Crippen LogP contribution in [0.15, 0.2) is 47.0 Å². The average molecular weight is 428 g/mol. The second-order valence-corrected chi connectivity index (χ2v) is 7.56. The molecule has 1 saturated heterocycles. The zero-order valence-electron chi connectivity index (χ0n) is 16.8. The Hall–Kier alpha value is -3.06. The fraction of sp³-hybridized carbons (Fsp3) is 0.318. The van der Waals surface area contributed by atoms with Gasteiger partial charge in [-0.25, -0.2) is 0 Å². The lowest BCUT2D eigenvalue weighted by Crippen LogP contribution is -2.39. The molecule has 156 valence electrons. The van der Waals surface area contributed by atoms with E-state index in [0.29, 0.717) is 46.9 Å². The van der Waals surface area contributed by atoms with E-state index in [1.807, 2.05) is 17.0 Å². The number of hydrogen-bond donors (Lipinski definition) is 0. The van der Waals surface area contributed by atoms with Crippen LogP contribution in [0.5, 0.6) is 11.5 Å². The van der Waals surface area contributed by atoms with Crippen molar-refractivity contribution in [1.82, 2.24) is 15.0 Å². The minimum atomic E-state index is -0.0176. The van der Waals surface area contributed by atoms with Crippen LogP contribution in [-0.2, 0) is 0 Å². The molecule has 1 atom stereocenters. The molecule has 0 saturated carbocycles. The molecule has 0 radical (unpaired) electrons. The Morgan fingerprint density at radius 3 is 2.63 bits per heavy atom. The molecule has 4 rings (SSSR count). The molecule has 1 aliphatic heterocycles. The van der Waals surface area contributed by atoms with Crippen LogP contribution >= 0.6 is 11.6 Å². The molecule has 8 heteroatoms. The van der Waals surface area contributed by atoms with Gasteiger partial charge in [-0.1, -0.05) is 16.8 Å². The summed E-state index contributed by atoms with van der Waals surface area (Å²) in [6.07, 6.45) is 1.76. The van der Waals surface area contributed by atoms with Gasteiger partial charge in [0.1, 0.15) is 0 Å². The van der Waals surface area contributed by atoms with Crippen LogP contribution in [-0.4, -0.2) is 48.3 Å². The Labute approximate surface area is 179 Å². The summed E-state index contributed by atoms with van der Waals surface area (Å²) in [6.45, 7) is 1.24. The van der Waals surface area contributed by atoms with Crippen LogP contribution in [0, 0.1) is 0 Å². The van der Waals surface area contributed by atoms with Crippen molar-refractivity contribution in [3.05, 3.63) is 58.9 Å². The van der Waals surface area contributed by atoms with Crippen molar-refractivity contribution in [2.45, 2.75) is 18.8 Å². The van der Waals surface area contributed by atoms with E-state index in [1.165, 1.54) is 0 Å². The van der Waals surface area contributed by atoms with Crippen molar-refractivity contribution in [2.24, 2.45) is 0 Å². The van der Waals surface area contributed by atoms with E-state index in [1.54, 1.807) is 44.6 Å². The van der Waals surface area contributed by atoms with Crippen LogP contribution in [0.3, 0.4) is 0 Å². The number of likely N-dealkylation sites (tertiary alicyclic amines) is 1. The molecule has 0 bridgehead atoms. The largest absolute Gasteiger partial charge is 0.493 e. The number of halogens is 1. The highest BCUT2D eigenvalue weighted by molar-refractivity contribution is 6.30. The number of carbonyl (C=O) groups is 1. The lowest BCUT2D eigenvalue weighted by Gasteiger charge is -2.31. The van der Waals surface area contributed by atoms with Gasteiger partial charge in [0, 0.05) is 29.2 Å². The predicted octanol–water partition coefficient (Wildman–Crippen LogP) is 4.43. The van der Waals surface area contributed by atoms with Gasteiger partial charge in [0.2, 0.25) is 11.7 Å². The summed E-state index contributed by atoms with van der Waals surface area (Å²) in [6, 6.07) is 12.4. The Kier molecular flexibility index (Phi) is 5.90. The second kappa shape index (κ2) is 8.75. The molecule has 1 amide bonds. The van der Waals surface area contributed by atoms with Gasteiger partial charge >= 0.3 is 0 Å². The van der Waals surface area contributed by atoms with Gasteiger partial charge in [-0.2, -0.15) is 4.98 Å². The number of nitrogens with zero attached hydrogens (tertiary/aromatic N) is 3. The summed E-state index contributed by atoms with van der Waals surface area (Å²) >= 11 is 5.93. The lowest BCUT2D eigenvalue weighted by molar-refractivity contribution is 0.0695. The maximum atomic E-state index is 12.8. The van der Waals surface area contributed by atoms with Crippen molar-refractivity contribution < 1.29 is 18.8 Å². The molecule has 1 fully saturated rings. The van der Waals surface area contributed by atoms with Gasteiger partial charge in [0.25, 0.3) is 5.91 Å². The smallest absolute Gasteiger partial charge is 0.253 e. The summed E-state index contributed by atoms with van der Waals surface area (Å²) in [7, 11) is 3.17. The van der Waals surface area contributed by atoms with Gasteiger partial charge in [-0.15, -0.1) is 0 Å². The SMILES string of the molecule is COc1ccc(-c2noc([C@@H]3CCCN(C(=O)c4ccc(Cl)cc4)C3)n2)cc1OC. The van der Waals surface area contributed by atoms with E-state index in [9.17, 15) is 4.79 Å². The number of benzene rings is 2. The Bertz CT molecular complexity index is 1040. The molecular weight excluding hydrogens is 406 g/mol. The molecule has 0 unspecified atom stereocenters. The summed E-state index contributed by atoms with van der Waals surface area (Å²) in [5, 5.41) is 4.74. The van der Waals surface area contributed by atoms with E-state index in [2.05, 4.69) is 10.1 Å². The van der Waals surface area contributed by atoms with Gasteiger partial charge < -0.3 is 18.9 Å². The summed E-state index contributed by atoms with van der Waals surface area (Å²) in [5.74, 6) is 2.22. The Morgan fingerprint density at radius 2 is 1.90 bits per heavy atom. The number of ether oxygens (including phenoxy) is 2. The van der Waals surface area contributed by atoms with Gasteiger partial charge in [0.05, 0.1) is 20.1 Å². The molecular formula is C22H22ClN3O4. The van der Waals surface area contributed by atoms with Crippen LogP contribution < -0.4 is 9.47 Å². The molecule has 2 aromatic carbocycles. The third-order valence-electron chi connectivity index (χ3n) is 5.23. The van der Waals surface area contributed by atoms with Gasteiger partial charge in [-0.05, 0) is 55.3 Å². The first-order valence-corrected chi connectivity index (χ1v) is 10.1. The number of amides is 1. The van der Waals surface area contributed by atoms with Crippen molar-refractivity contribution in [3.63, 3.8) is 0 Å². The summed E-state index contributed by atoms with van der Waals surface area (Å²) in [4.78, 5) is 19.3. The third kappa shape index (κ3) is 4.11. The van der Waals surface area contributed by atoms with Crippen LogP contribution in [0.4, 0.5) is 0 Å². The van der Waals surface area contributed by atoms with Crippen molar-refractivity contribution in [1.29, 1.82) is 0 Å². The quantitative estimate of drug-likeness (QED) is 0.599. The number of piperidine rings is 1. The maximum Gasteiger partial charge on any atom is 0.253 e. The highest BCUT2D eigenvalue weighted by atomic mass is 35.5. The molecule has 7 nitrogen and oxygen atoms in total. The van der Waals surface area contributed by atoms with E-state index in [4.69, 9.17) is 25.6 Å². The Morgan fingerprint density at radius 1 is 1.13 bits per heavy atom. The molecule has 1 aromatic heterocycles. The number of aromatic nitrogens is 2. The fourth-order valence-electron chi connectivity index (χ4n) is 3.63. The summed E-state index contributed by atoms with van der Waals surface area (Å²) in [5.41, 5.74) is 1.39. The average Bonchev–Trinajstić information content (AvgIpc) is 3.29. The molecule has 0 aliphatic carbocycles. The number of carbonyl (C=O) groups excluding carboxylic acids is 1. The molecule has 1 aliphatic rings. The number of rotatable bonds is 5. The standard InChI is InChI=1S/C22H22ClN3O4/c1-28-18-10-7-15(12-19(18)29-2)20-24-21(30-25-20)16-4-3-11-26(13-16)22(27)14-5-8-17(23)9-6-14/h5-10,12,16H,3-4,11,13H2,1-2H3/t16-/m1/s1. The first kappa shape index (κ1) is 20.2. The minimum Gasteiger partial charge on any atom is -0.493 e. The van der Waals surface area contributed by atoms with Crippen molar-refractivity contribution in [3.8, 4) is 22.9 Å². The van der Waals surface area contributed by atoms with Crippen LogP contribution in [0.25, 0.3) is 11.4 Å². The molecule has 2 heterocycles. The highest BCUT2D eigenvalue weighted by Crippen LogP contribution is 2.33. The van der Waals surface area contributed by atoms with E-state index in [0.717, 1.165) is 18.4 Å². The molecule has 30 heavy (non-hydrogen) atoms.